The molecule has 1 aliphatic heterocycles. The minimum Gasteiger partial charge on any atom is -0.360 e. The molecule has 0 bridgehead atoms. The van der Waals surface area contributed by atoms with E-state index in [-0.39, 0.29) is 0 Å². The van der Waals surface area contributed by atoms with Crippen LogP contribution in [0.25, 0.3) is 0 Å². The molecule has 0 atom stereocenters. The molecule has 2 rings (SSSR count). The average Bonchev–Trinajstić information content (AvgIpc) is 2.34. The standard InChI is InChI=1S/C14H23N3/c1-12-4-3-5-14(13(12)2)17-10-8-16(7-6-15)9-11-17/h3-5H,6-11,15H2,1-2H3/p+2. The molecule has 0 unspecified atom stereocenters. The minimum atomic E-state index is 1.05. The van der Waals surface area contributed by atoms with Gasteiger partial charge in [0, 0.05) is 5.69 Å². The monoisotopic (exact) mass is 235 g/mol. The third kappa shape index (κ3) is 2.79. The van der Waals surface area contributed by atoms with Gasteiger partial charge < -0.3 is 15.5 Å². The van der Waals surface area contributed by atoms with E-state index in [1.807, 2.05) is 0 Å². The van der Waals surface area contributed by atoms with E-state index in [4.69, 9.17) is 0 Å². The summed E-state index contributed by atoms with van der Waals surface area (Å²) in [6, 6.07) is 6.63. The number of benzene rings is 1. The first kappa shape index (κ1) is 12.4. The van der Waals surface area contributed by atoms with Gasteiger partial charge in [0.15, 0.2) is 0 Å². The summed E-state index contributed by atoms with van der Waals surface area (Å²) in [4.78, 5) is 4.25. The molecule has 17 heavy (non-hydrogen) atoms. The van der Waals surface area contributed by atoms with Gasteiger partial charge in [-0.2, -0.15) is 0 Å². The Labute approximate surface area is 104 Å². The fourth-order valence-electron chi connectivity index (χ4n) is 2.64. The van der Waals surface area contributed by atoms with Gasteiger partial charge in [-0.3, -0.25) is 0 Å². The SMILES string of the molecule is Cc1cccc(N2CC[NH+](CC[NH3+])CC2)c1C. The molecule has 1 fully saturated rings. The van der Waals surface area contributed by atoms with Crippen molar-refractivity contribution < 1.29 is 10.6 Å². The highest BCUT2D eigenvalue weighted by atomic mass is 15.3. The second-order valence-electron chi connectivity index (χ2n) is 5.06. The summed E-state index contributed by atoms with van der Waals surface area (Å²) in [5, 5.41) is 0. The normalized spacial score (nSPS) is 17.5. The van der Waals surface area contributed by atoms with Crippen LogP contribution in [0.15, 0.2) is 18.2 Å². The molecular formula is C14H25N3+2. The van der Waals surface area contributed by atoms with Gasteiger partial charge in [0.25, 0.3) is 0 Å². The number of anilines is 1. The van der Waals surface area contributed by atoms with Crippen molar-refractivity contribution >= 4 is 5.69 Å². The average molecular weight is 235 g/mol. The second-order valence-corrected chi connectivity index (χ2v) is 5.06. The summed E-state index contributed by atoms with van der Waals surface area (Å²) in [7, 11) is 0. The molecule has 1 heterocycles. The molecule has 1 saturated heterocycles. The summed E-state index contributed by atoms with van der Waals surface area (Å²) in [6.45, 7) is 11.6. The first-order chi connectivity index (χ1) is 8.22. The van der Waals surface area contributed by atoms with Gasteiger partial charge in [0.05, 0.1) is 26.2 Å². The van der Waals surface area contributed by atoms with Crippen LogP contribution in [0.4, 0.5) is 5.69 Å². The molecule has 0 spiro atoms. The van der Waals surface area contributed by atoms with Gasteiger partial charge in [-0.05, 0) is 31.0 Å². The first-order valence-electron chi connectivity index (χ1n) is 6.66. The Bertz CT molecular complexity index is 368. The number of nitrogens with zero attached hydrogens (tertiary/aromatic N) is 1. The lowest BCUT2D eigenvalue weighted by Gasteiger charge is -2.34. The van der Waals surface area contributed by atoms with E-state index in [9.17, 15) is 0 Å². The van der Waals surface area contributed by atoms with Crippen molar-refractivity contribution in [2.45, 2.75) is 13.8 Å². The van der Waals surface area contributed by atoms with Crippen molar-refractivity contribution in [3.05, 3.63) is 29.3 Å². The molecule has 0 aliphatic carbocycles. The highest BCUT2D eigenvalue weighted by Gasteiger charge is 2.20. The molecule has 1 aliphatic rings. The molecule has 0 saturated carbocycles. The molecule has 4 N–H and O–H groups in total. The zero-order valence-corrected chi connectivity index (χ0v) is 11.1. The number of quaternary nitrogens is 2. The number of hydrogen-bond donors (Lipinski definition) is 2. The smallest absolute Gasteiger partial charge is 0.127 e. The quantitative estimate of drug-likeness (QED) is 0.710. The number of hydrogen-bond acceptors (Lipinski definition) is 1. The van der Waals surface area contributed by atoms with Gasteiger partial charge in [-0.15, -0.1) is 0 Å². The van der Waals surface area contributed by atoms with Crippen molar-refractivity contribution in [3.8, 4) is 0 Å². The van der Waals surface area contributed by atoms with Gasteiger partial charge in [-0.1, -0.05) is 12.1 Å². The molecule has 0 amide bonds. The minimum absolute atomic E-state index is 1.05. The van der Waals surface area contributed by atoms with E-state index in [0.29, 0.717) is 0 Å². The van der Waals surface area contributed by atoms with E-state index >= 15 is 0 Å². The van der Waals surface area contributed by atoms with Crippen molar-refractivity contribution in [2.24, 2.45) is 0 Å². The molecular weight excluding hydrogens is 210 g/mol. The van der Waals surface area contributed by atoms with Crippen LogP contribution in [0.2, 0.25) is 0 Å². The van der Waals surface area contributed by atoms with Crippen molar-refractivity contribution in [2.75, 3.05) is 44.2 Å². The molecule has 94 valence electrons. The van der Waals surface area contributed by atoms with Crippen LogP contribution >= 0.6 is 0 Å². The number of piperazine rings is 1. The van der Waals surface area contributed by atoms with Gasteiger partial charge in [0.1, 0.15) is 13.1 Å². The fraction of sp³-hybridized carbons (Fsp3) is 0.571. The van der Waals surface area contributed by atoms with Crippen LogP contribution in [0.3, 0.4) is 0 Å². The van der Waals surface area contributed by atoms with Crippen LogP contribution in [-0.2, 0) is 0 Å². The maximum Gasteiger partial charge on any atom is 0.127 e. The maximum atomic E-state index is 3.95. The molecule has 3 nitrogen and oxygen atoms in total. The topological polar surface area (TPSA) is 35.3 Å². The summed E-state index contributed by atoms with van der Waals surface area (Å²) in [6.07, 6.45) is 0. The molecule has 3 heteroatoms. The number of aryl methyl sites for hydroxylation is 1. The number of rotatable bonds is 3. The van der Waals surface area contributed by atoms with E-state index in [1.165, 1.54) is 49.5 Å². The lowest BCUT2D eigenvalue weighted by Crippen LogP contribution is -3.16. The van der Waals surface area contributed by atoms with Gasteiger partial charge >= 0.3 is 0 Å². The maximum absolute atomic E-state index is 3.95. The van der Waals surface area contributed by atoms with E-state index < -0.39 is 0 Å². The van der Waals surface area contributed by atoms with Crippen LogP contribution in [0.1, 0.15) is 11.1 Å². The predicted molar refractivity (Wildman–Crippen MR) is 71.4 cm³/mol. The summed E-state index contributed by atoms with van der Waals surface area (Å²) in [5.41, 5.74) is 8.21. The molecule has 0 aromatic heterocycles. The lowest BCUT2D eigenvalue weighted by molar-refractivity contribution is -0.905. The Hall–Kier alpha value is -1.06. The van der Waals surface area contributed by atoms with Gasteiger partial charge in [-0.25, -0.2) is 0 Å². The Kier molecular flexibility index (Phi) is 4.02. The van der Waals surface area contributed by atoms with E-state index in [1.54, 1.807) is 4.90 Å². The van der Waals surface area contributed by atoms with E-state index in [0.717, 1.165) is 6.54 Å². The largest absolute Gasteiger partial charge is 0.360 e. The molecule has 1 aromatic carbocycles. The van der Waals surface area contributed by atoms with Crippen LogP contribution in [-0.4, -0.2) is 39.3 Å². The summed E-state index contributed by atoms with van der Waals surface area (Å²) in [5.74, 6) is 0. The highest BCUT2D eigenvalue weighted by molar-refractivity contribution is 5.56. The second kappa shape index (κ2) is 5.52. The predicted octanol–water partition coefficient (Wildman–Crippen LogP) is -0.750. The Morgan fingerprint density at radius 2 is 1.94 bits per heavy atom. The van der Waals surface area contributed by atoms with Crippen molar-refractivity contribution in [3.63, 3.8) is 0 Å². The van der Waals surface area contributed by atoms with Crippen molar-refractivity contribution in [1.82, 2.24) is 0 Å². The summed E-state index contributed by atoms with van der Waals surface area (Å²) < 4.78 is 0. The molecule has 1 aromatic rings. The first-order valence-corrected chi connectivity index (χ1v) is 6.66. The van der Waals surface area contributed by atoms with Crippen molar-refractivity contribution in [1.29, 1.82) is 0 Å². The Morgan fingerprint density at radius 3 is 2.59 bits per heavy atom. The zero-order chi connectivity index (χ0) is 12.3. The van der Waals surface area contributed by atoms with Crippen LogP contribution in [0, 0.1) is 13.8 Å². The Balaban J connectivity index is 2.03. The third-order valence-corrected chi connectivity index (χ3v) is 3.92. The van der Waals surface area contributed by atoms with Gasteiger partial charge in [0.2, 0.25) is 0 Å². The number of nitrogens with one attached hydrogen (secondary N) is 1. The Morgan fingerprint density at radius 1 is 1.24 bits per heavy atom. The van der Waals surface area contributed by atoms with Crippen LogP contribution < -0.4 is 15.5 Å². The fourth-order valence-corrected chi connectivity index (χ4v) is 2.64. The molecule has 0 radical (unpaired) electrons. The zero-order valence-electron chi connectivity index (χ0n) is 11.1. The third-order valence-electron chi connectivity index (χ3n) is 3.92. The summed E-state index contributed by atoms with van der Waals surface area (Å²) >= 11 is 0. The van der Waals surface area contributed by atoms with Crippen LogP contribution in [0.5, 0.6) is 0 Å². The highest BCUT2D eigenvalue weighted by Crippen LogP contribution is 2.22. The lowest BCUT2D eigenvalue weighted by atomic mass is 10.1. The van der Waals surface area contributed by atoms with E-state index in [2.05, 4.69) is 42.7 Å².